The highest BCUT2D eigenvalue weighted by Gasteiger charge is 2.64. The van der Waals surface area contributed by atoms with Gasteiger partial charge < -0.3 is 19.3 Å². The Labute approximate surface area is 122 Å². The van der Waals surface area contributed by atoms with Crippen molar-refractivity contribution in [2.75, 3.05) is 18.6 Å². The van der Waals surface area contributed by atoms with Gasteiger partial charge in [-0.15, -0.1) is 0 Å². The van der Waals surface area contributed by atoms with Crippen LogP contribution in [-0.2, 0) is 14.2 Å². The van der Waals surface area contributed by atoms with E-state index >= 15 is 0 Å². The molecule has 19 heavy (non-hydrogen) atoms. The average molecular weight is 303 g/mol. The molecule has 2 rings (SSSR count). The van der Waals surface area contributed by atoms with Crippen molar-refractivity contribution in [3.05, 3.63) is 0 Å². The zero-order valence-corrected chi connectivity index (χ0v) is 12.5. The Morgan fingerprint density at radius 3 is 2.79 bits per heavy atom. The van der Waals surface area contributed by atoms with Crippen LogP contribution in [-0.4, -0.2) is 67.0 Å². The maximum atomic E-state index is 9.36. The van der Waals surface area contributed by atoms with E-state index in [1.54, 1.807) is 0 Å². The molecule has 2 aliphatic heterocycles. The van der Waals surface area contributed by atoms with Crippen LogP contribution in [0.4, 0.5) is 0 Å². The van der Waals surface area contributed by atoms with E-state index in [1.807, 2.05) is 13.2 Å². The molecular formula is C12H16BClO4S. The Morgan fingerprint density at radius 1 is 1.58 bits per heavy atom. The number of ether oxygens (including phenoxy) is 3. The summed E-state index contributed by atoms with van der Waals surface area (Å²) in [6, 6.07) is -0.814. The van der Waals surface area contributed by atoms with Gasteiger partial charge in [-0.2, -0.15) is 10.5 Å². The summed E-state index contributed by atoms with van der Waals surface area (Å²) < 4.78 is 17.3. The minimum absolute atomic E-state index is 0.124. The predicted octanol–water partition coefficient (Wildman–Crippen LogP) is 0.273. The molecule has 0 aromatic rings. The number of aliphatic hydroxyl groups excluding tert-OH is 1. The summed E-state index contributed by atoms with van der Waals surface area (Å²) in [4.78, 5) is 0. The van der Waals surface area contributed by atoms with Crippen LogP contribution >= 0.6 is 22.1 Å². The van der Waals surface area contributed by atoms with Crippen molar-refractivity contribution in [3.8, 4) is 11.3 Å². The maximum absolute atomic E-state index is 9.36. The fourth-order valence-corrected chi connectivity index (χ4v) is 3.79. The topological polar surface area (TPSA) is 47.9 Å². The van der Waals surface area contributed by atoms with Gasteiger partial charge in [-0.05, 0) is 30.7 Å². The molecule has 2 heterocycles. The molecule has 104 valence electrons. The fraction of sp³-hybridized carbons (Fsp3) is 0.750. The first kappa shape index (κ1) is 15.4. The Kier molecular flexibility index (Phi) is 4.37. The van der Waals surface area contributed by atoms with E-state index in [4.69, 9.17) is 33.7 Å². The zero-order chi connectivity index (χ0) is 14.3. The Bertz CT molecular complexity index is 451. The van der Waals surface area contributed by atoms with Crippen molar-refractivity contribution >= 4 is 35.8 Å². The summed E-state index contributed by atoms with van der Waals surface area (Å²) in [7, 11) is 5.82. The third kappa shape index (κ3) is 2.60. The predicted molar refractivity (Wildman–Crippen MR) is 77.7 cm³/mol. The van der Waals surface area contributed by atoms with Gasteiger partial charge in [-0.3, -0.25) is 0 Å². The van der Waals surface area contributed by atoms with Crippen LogP contribution in [0.15, 0.2) is 0 Å². The van der Waals surface area contributed by atoms with Crippen molar-refractivity contribution in [2.45, 2.75) is 36.5 Å². The molecule has 6 atom stereocenters. The molecule has 0 saturated carbocycles. The highest BCUT2D eigenvalue weighted by atomic mass is 35.5. The van der Waals surface area contributed by atoms with Gasteiger partial charge in [0.25, 0.3) is 0 Å². The molecular weight excluding hydrogens is 286 g/mol. The lowest BCUT2D eigenvalue weighted by Gasteiger charge is -2.29. The zero-order valence-electron chi connectivity index (χ0n) is 10.9. The second kappa shape index (κ2) is 5.40. The van der Waals surface area contributed by atoms with Gasteiger partial charge in [0, 0.05) is 11.1 Å². The quantitative estimate of drug-likeness (QED) is 0.462. The Balaban J connectivity index is 2.34. The standard InChI is InChI=1S/C12H16BClO4S/c1-11(7-19(2)3)17-9-8(6-15)16-10(13)12(9,18-11)4-5-14/h8-10,15H,2,6-7H2,1,3H3. The van der Waals surface area contributed by atoms with Crippen LogP contribution in [0.5, 0.6) is 0 Å². The summed E-state index contributed by atoms with van der Waals surface area (Å²) in [5, 5.41) is 11.7. The molecule has 2 saturated heterocycles. The highest BCUT2D eigenvalue weighted by Crippen LogP contribution is 2.47. The average Bonchev–Trinajstić information content (AvgIpc) is 2.70. The fourth-order valence-electron chi connectivity index (χ4n) is 2.62. The van der Waals surface area contributed by atoms with E-state index in [1.165, 1.54) is 0 Å². The molecule has 0 aliphatic carbocycles. The number of fused-ring (bicyclic) bond motifs is 1. The van der Waals surface area contributed by atoms with Gasteiger partial charge in [-0.25, -0.2) is 0 Å². The third-order valence-electron chi connectivity index (χ3n) is 3.20. The van der Waals surface area contributed by atoms with Crippen LogP contribution in [0.2, 0.25) is 0 Å². The summed E-state index contributed by atoms with van der Waals surface area (Å²) in [6.45, 7) is 1.60. The number of halogens is 1. The first-order valence-electron chi connectivity index (χ1n) is 5.82. The monoisotopic (exact) mass is 302 g/mol. The largest absolute Gasteiger partial charge is 0.394 e. The van der Waals surface area contributed by atoms with Crippen LogP contribution < -0.4 is 0 Å². The number of rotatable bonds is 3. The van der Waals surface area contributed by atoms with E-state index in [2.05, 4.69) is 17.2 Å². The molecule has 0 bridgehead atoms. The van der Waals surface area contributed by atoms with Crippen LogP contribution in [0, 0.1) is 11.3 Å². The minimum Gasteiger partial charge on any atom is -0.394 e. The van der Waals surface area contributed by atoms with Gasteiger partial charge in [-0.1, -0.05) is 5.87 Å². The van der Waals surface area contributed by atoms with Crippen LogP contribution in [0.3, 0.4) is 0 Å². The SMILES string of the molecule is [B]C1OC(CO)C2OC(C)(CS(=C)C)OC12C#CCl. The van der Waals surface area contributed by atoms with Crippen LogP contribution in [0.1, 0.15) is 6.92 Å². The first-order chi connectivity index (χ1) is 8.87. The lowest BCUT2D eigenvalue weighted by molar-refractivity contribution is -0.186. The number of aliphatic hydroxyl groups is 1. The normalized spacial score (nSPS) is 46.4. The smallest absolute Gasteiger partial charge is 0.179 e. The van der Waals surface area contributed by atoms with Gasteiger partial charge in [0.1, 0.15) is 20.1 Å². The molecule has 0 amide bonds. The third-order valence-corrected chi connectivity index (χ3v) is 4.31. The van der Waals surface area contributed by atoms with Gasteiger partial charge in [0.15, 0.2) is 11.4 Å². The van der Waals surface area contributed by atoms with Crippen molar-refractivity contribution in [3.63, 3.8) is 0 Å². The van der Waals surface area contributed by atoms with E-state index < -0.39 is 29.6 Å². The second-order valence-corrected chi connectivity index (χ2v) is 7.03. The number of hydrogen-bond acceptors (Lipinski definition) is 4. The molecule has 1 N–H and O–H groups in total. The summed E-state index contributed by atoms with van der Waals surface area (Å²) in [5.74, 6) is 6.48. The van der Waals surface area contributed by atoms with Crippen LogP contribution in [0.25, 0.3) is 0 Å². The molecule has 0 aromatic carbocycles. The molecule has 0 aromatic heterocycles. The lowest BCUT2D eigenvalue weighted by Crippen LogP contribution is -2.46. The molecule has 0 spiro atoms. The van der Waals surface area contributed by atoms with Gasteiger partial charge in [0.2, 0.25) is 0 Å². The molecule has 4 nitrogen and oxygen atoms in total. The first-order valence-corrected chi connectivity index (χ1v) is 8.17. The highest BCUT2D eigenvalue weighted by molar-refractivity contribution is 8.13. The van der Waals surface area contributed by atoms with Gasteiger partial charge >= 0.3 is 0 Å². The second-order valence-electron chi connectivity index (χ2n) is 4.99. The van der Waals surface area contributed by atoms with E-state index in [-0.39, 0.29) is 17.1 Å². The van der Waals surface area contributed by atoms with Crippen molar-refractivity contribution in [1.29, 1.82) is 0 Å². The van der Waals surface area contributed by atoms with E-state index in [9.17, 15) is 5.11 Å². The Morgan fingerprint density at radius 2 is 2.26 bits per heavy atom. The molecule has 6 unspecified atom stereocenters. The Hall–Kier alpha value is -0.0251. The minimum atomic E-state index is -1.14. The molecule has 2 aliphatic rings. The molecule has 2 fully saturated rings. The van der Waals surface area contributed by atoms with E-state index in [0.29, 0.717) is 5.75 Å². The summed E-state index contributed by atoms with van der Waals surface area (Å²) in [5.41, 5.74) is -1.14. The summed E-state index contributed by atoms with van der Waals surface area (Å²) in [6.07, 6.45) is 0.858. The molecule has 2 radical (unpaired) electrons. The maximum Gasteiger partial charge on any atom is 0.179 e. The summed E-state index contributed by atoms with van der Waals surface area (Å²) >= 11 is 5.52. The van der Waals surface area contributed by atoms with Crippen molar-refractivity contribution in [1.82, 2.24) is 0 Å². The van der Waals surface area contributed by atoms with Crippen molar-refractivity contribution < 1.29 is 19.3 Å². The van der Waals surface area contributed by atoms with Crippen molar-refractivity contribution in [2.24, 2.45) is 0 Å². The van der Waals surface area contributed by atoms with E-state index in [0.717, 1.165) is 0 Å². The molecule has 7 heteroatoms. The lowest BCUT2D eigenvalue weighted by atomic mass is 9.81. The van der Waals surface area contributed by atoms with Gasteiger partial charge in [0.05, 0.1) is 12.6 Å². The number of hydrogen-bond donors (Lipinski definition) is 1.